The van der Waals surface area contributed by atoms with Gasteiger partial charge in [0.05, 0.1) is 5.52 Å². The first-order chi connectivity index (χ1) is 12.6. The van der Waals surface area contributed by atoms with Gasteiger partial charge in [-0.2, -0.15) is 0 Å². The van der Waals surface area contributed by atoms with Crippen LogP contribution in [0, 0.1) is 13.8 Å². The van der Waals surface area contributed by atoms with E-state index >= 15 is 0 Å². The number of benzene rings is 2. The molecule has 0 bridgehead atoms. The molecule has 1 aromatic heterocycles. The van der Waals surface area contributed by atoms with Gasteiger partial charge >= 0.3 is 0 Å². The van der Waals surface area contributed by atoms with Crippen LogP contribution in [0.4, 0.5) is 0 Å². The lowest BCUT2D eigenvalue weighted by atomic mass is 10.0. The van der Waals surface area contributed by atoms with Gasteiger partial charge in [0.25, 0.3) is 0 Å². The van der Waals surface area contributed by atoms with Crippen molar-refractivity contribution in [2.75, 3.05) is 13.1 Å². The molecule has 1 aliphatic rings. The Hall–Kier alpha value is -2.10. The summed E-state index contributed by atoms with van der Waals surface area (Å²) in [6.45, 7) is 9.27. The van der Waals surface area contributed by atoms with Gasteiger partial charge in [0, 0.05) is 30.6 Å². The second-order valence-electron chi connectivity index (χ2n) is 7.43. The normalized spacial score (nSPS) is 16.9. The Morgan fingerprint density at radius 1 is 1.11 bits per heavy atom. The number of halogens is 1. The fraction of sp³-hybridized carbons (Fsp3) is 0.348. The molecular formula is C23H27ClN2O. The topological polar surface area (TPSA) is 25.4 Å². The second kappa shape index (κ2) is 8.28. The second-order valence-corrected chi connectivity index (χ2v) is 7.43. The molecule has 2 aromatic carbocycles. The van der Waals surface area contributed by atoms with E-state index in [9.17, 15) is 0 Å². The smallest absolute Gasteiger partial charge is 0.218 e. The molecule has 1 aliphatic heterocycles. The van der Waals surface area contributed by atoms with Crippen LogP contribution in [0.2, 0.25) is 0 Å². The standard InChI is InChI=1S/C23H26N2O.ClH/c1-16-9-10-20-13-21-15-25(12-11-19-7-5-4-6-8-19)14-17(2)26-23(21)24-22(20)18(16)3;/h4-10,13,17H,11-12,14-15H2,1-3H3;1H. The van der Waals surface area contributed by atoms with Gasteiger partial charge in [-0.05, 0) is 49.9 Å². The molecule has 0 saturated heterocycles. The van der Waals surface area contributed by atoms with Crippen LogP contribution in [0.25, 0.3) is 10.9 Å². The molecular weight excluding hydrogens is 356 g/mol. The molecule has 3 aromatic rings. The molecule has 0 aliphatic carbocycles. The molecule has 1 unspecified atom stereocenters. The molecule has 1 atom stereocenters. The number of hydrogen-bond donors (Lipinski definition) is 0. The van der Waals surface area contributed by atoms with E-state index in [1.54, 1.807) is 0 Å². The zero-order valence-electron chi connectivity index (χ0n) is 16.2. The summed E-state index contributed by atoms with van der Waals surface area (Å²) >= 11 is 0. The molecule has 142 valence electrons. The number of ether oxygens (including phenoxy) is 1. The Morgan fingerprint density at radius 3 is 2.67 bits per heavy atom. The highest BCUT2D eigenvalue weighted by Gasteiger charge is 2.22. The Morgan fingerprint density at radius 2 is 1.89 bits per heavy atom. The average molecular weight is 383 g/mol. The lowest BCUT2D eigenvalue weighted by Crippen LogP contribution is -2.32. The summed E-state index contributed by atoms with van der Waals surface area (Å²) in [5, 5.41) is 1.20. The molecule has 0 saturated carbocycles. The minimum Gasteiger partial charge on any atom is -0.473 e. The maximum absolute atomic E-state index is 6.19. The number of pyridine rings is 1. The third kappa shape index (κ3) is 4.26. The lowest BCUT2D eigenvalue weighted by molar-refractivity contribution is 0.158. The van der Waals surface area contributed by atoms with Gasteiger partial charge in [0.2, 0.25) is 5.88 Å². The van der Waals surface area contributed by atoms with Crippen molar-refractivity contribution >= 4 is 23.3 Å². The molecule has 4 rings (SSSR count). The number of aromatic nitrogens is 1. The van der Waals surface area contributed by atoms with Gasteiger partial charge in [-0.25, -0.2) is 4.98 Å². The molecule has 27 heavy (non-hydrogen) atoms. The van der Waals surface area contributed by atoms with Crippen LogP contribution in [0.15, 0.2) is 48.5 Å². The van der Waals surface area contributed by atoms with Crippen molar-refractivity contribution in [3.8, 4) is 5.88 Å². The number of rotatable bonds is 3. The van der Waals surface area contributed by atoms with Crippen molar-refractivity contribution in [2.45, 2.75) is 39.8 Å². The van der Waals surface area contributed by atoms with Gasteiger partial charge in [-0.15, -0.1) is 12.4 Å². The van der Waals surface area contributed by atoms with Crippen molar-refractivity contribution in [3.63, 3.8) is 0 Å². The maximum atomic E-state index is 6.19. The summed E-state index contributed by atoms with van der Waals surface area (Å²) in [6, 6.07) is 17.3. The fourth-order valence-corrected chi connectivity index (χ4v) is 3.72. The van der Waals surface area contributed by atoms with Crippen LogP contribution in [0.1, 0.15) is 29.2 Å². The molecule has 0 fully saturated rings. The van der Waals surface area contributed by atoms with Crippen molar-refractivity contribution in [1.82, 2.24) is 9.88 Å². The van der Waals surface area contributed by atoms with E-state index in [1.807, 2.05) is 0 Å². The quantitative estimate of drug-likeness (QED) is 0.630. The molecule has 3 nitrogen and oxygen atoms in total. The van der Waals surface area contributed by atoms with Crippen LogP contribution in [0.5, 0.6) is 5.88 Å². The van der Waals surface area contributed by atoms with E-state index in [0.29, 0.717) is 0 Å². The molecule has 0 N–H and O–H groups in total. The van der Waals surface area contributed by atoms with Gasteiger partial charge in [0.15, 0.2) is 0 Å². The van der Waals surface area contributed by atoms with Gasteiger partial charge in [-0.3, -0.25) is 4.90 Å². The third-order valence-electron chi connectivity index (χ3n) is 5.33. The van der Waals surface area contributed by atoms with E-state index in [4.69, 9.17) is 9.72 Å². The van der Waals surface area contributed by atoms with Gasteiger partial charge < -0.3 is 4.74 Å². The molecule has 0 radical (unpaired) electrons. The predicted octanol–water partition coefficient (Wildman–Crippen LogP) is 5.10. The predicted molar refractivity (Wildman–Crippen MR) is 114 cm³/mol. The first-order valence-corrected chi connectivity index (χ1v) is 9.43. The minimum atomic E-state index is 0. The van der Waals surface area contributed by atoms with E-state index < -0.39 is 0 Å². The van der Waals surface area contributed by atoms with Crippen LogP contribution in [-0.4, -0.2) is 29.1 Å². The van der Waals surface area contributed by atoms with Gasteiger partial charge in [-0.1, -0.05) is 42.5 Å². The SMILES string of the molecule is Cc1ccc2cc3c(nc2c1C)OC(C)CN(CCc1ccccc1)C3.Cl. The van der Waals surface area contributed by atoms with Gasteiger partial charge in [0.1, 0.15) is 6.10 Å². The highest BCUT2D eigenvalue weighted by atomic mass is 35.5. The first-order valence-electron chi connectivity index (χ1n) is 9.43. The number of hydrogen-bond acceptors (Lipinski definition) is 3. The Kier molecular flexibility index (Phi) is 6.03. The van der Waals surface area contributed by atoms with E-state index in [0.717, 1.165) is 37.5 Å². The first kappa shape index (κ1) is 19.7. The van der Waals surface area contributed by atoms with E-state index in [2.05, 4.69) is 74.2 Å². The molecule has 0 spiro atoms. The number of fused-ring (bicyclic) bond motifs is 2. The van der Waals surface area contributed by atoms with Crippen LogP contribution in [0.3, 0.4) is 0 Å². The summed E-state index contributed by atoms with van der Waals surface area (Å²) in [6.07, 6.45) is 1.20. The average Bonchev–Trinajstić information content (AvgIpc) is 2.80. The zero-order chi connectivity index (χ0) is 18.1. The summed E-state index contributed by atoms with van der Waals surface area (Å²) < 4.78 is 6.19. The summed E-state index contributed by atoms with van der Waals surface area (Å²) in [5.74, 6) is 0.806. The van der Waals surface area contributed by atoms with Crippen LogP contribution >= 0.6 is 12.4 Å². The summed E-state index contributed by atoms with van der Waals surface area (Å²) in [7, 11) is 0. The molecule has 0 amide bonds. The number of nitrogens with zero attached hydrogens (tertiary/aromatic N) is 2. The summed E-state index contributed by atoms with van der Waals surface area (Å²) in [4.78, 5) is 7.37. The Balaban J connectivity index is 0.00000210. The van der Waals surface area contributed by atoms with Crippen LogP contribution < -0.4 is 4.74 Å². The monoisotopic (exact) mass is 382 g/mol. The Labute approximate surface area is 167 Å². The van der Waals surface area contributed by atoms with Crippen molar-refractivity contribution in [2.24, 2.45) is 0 Å². The van der Waals surface area contributed by atoms with Crippen molar-refractivity contribution in [3.05, 3.63) is 70.8 Å². The largest absolute Gasteiger partial charge is 0.473 e. The summed E-state index contributed by atoms with van der Waals surface area (Å²) in [5.41, 5.74) is 6.16. The molecule has 2 heterocycles. The van der Waals surface area contributed by atoms with E-state index in [1.165, 1.54) is 27.6 Å². The lowest BCUT2D eigenvalue weighted by Gasteiger charge is -2.21. The third-order valence-corrected chi connectivity index (χ3v) is 5.33. The van der Waals surface area contributed by atoms with E-state index in [-0.39, 0.29) is 18.5 Å². The number of aryl methyl sites for hydroxylation is 2. The maximum Gasteiger partial charge on any atom is 0.218 e. The van der Waals surface area contributed by atoms with Crippen molar-refractivity contribution in [1.29, 1.82) is 0 Å². The van der Waals surface area contributed by atoms with Crippen molar-refractivity contribution < 1.29 is 4.74 Å². The minimum absolute atomic E-state index is 0. The molecule has 4 heteroatoms. The zero-order valence-corrected chi connectivity index (χ0v) is 17.1. The fourth-order valence-electron chi connectivity index (χ4n) is 3.72. The Bertz CT molecular complexity index is 927. The highest BCUT2D eigenvalue weighted by Crippen LogP contribution is 2.29. The highest BCUT2D eigenvalue weighted by molar-refractivity contribution is 5.85. The van der Waals surface area contributed by atoms with Crippen LogP contribution in [-0.2, 0) is 13.0 Å².